The largest absolute Gasteiger partial charge is 0.497 e. The molecule has 124 valence electrons. The number of alkyl halides is 3. The summed E-state index contributed by atoms with van der Waals surface area (Å²) in [6, 6.07) is 13.6. The van der Waals surface area contributed by atoms with E-state index in [4.69, 9.17) is 4.74 Å². The zero-order valence-corrected chi connectivity index (χ0v) is 13.0. The Bertz CT molecular complexity index is 837. The Balaban J connectivity index is 2.15. The molecule has 0 unspecified atom stereocenters. The highest BCUT2D eigenvalue weighted by Crippen LogP contribution is 2.31. The molecule has 0 saturated heterocycles. The lowest BCUT2D eigenvalue weighted by Crippen LogP contribution is -2.08. The second-order valence-corrected chi connectivity index (χ2v) is 5.23. The fourth-order valence-electron chi connectivity index (χ4n) is 2.23. The minimum Gasteiger partial charge on any atom is -0.497 e. The quantitative estimate of drug-likeness (QED) is 0.719. The first-order valence-corrected chi connectivity index (χ1v) is 7.14. The molecule has 3 rings (SSSR count). The van der Waals surface area contributed by atoms with Crippen molar-refractivity contribution in [1.82, 2.24) is 14.8 Å². The van der Waals surface area contributed by atoms with E-state index in [2.05, 4.69) is 10.1 Å². The summed E-state index contributed by atoms with van der Waals surface area (Å²) < 4.78 is 45.4. The monoisotopic (exact) mass is 333 g/mol. The number of aryl methyl sites for hydroxylation is 1. The van der Waals surface area contributed by atoms with E-state index >= 15 is 0 Å². The Morgan fingerprint density at radius 1 is 0.958 bits per heavy atom. The van der Waals surface area contributed by atoms with E-state index in [0.29, 0.717) is 17.0 Å². The molecule has 0 N–H and O–H groups in total. The van der Waals surface area contributed by atoms with Crippen LogP contribution < -0.4 is 4.74 Å². The number of hydrogen-bond acceptors (Lipinski definition) is 3. The number of ether oxygens (including phenoxy) is 1. The second-order valence-electron chi connectivity index (χ2n) is 5.23. The molecule has 0 amide bonds. The molecule has 0 spiro atoms. The van der Waals surface area contributed by atoms with Gasteiger partial charge < -0.3 is 4.74 Å². The predicted molar refractivity (Wildman–Crippen MR) is 83.1 cm³/mol. The van der Waals surface area contributed by atoms with E-state index in [1.807, 2.05) is 19.1 Å². The highest BCUT2D eigenvalue weighted by Gasteiger charge is 2.37. The van der Waals surface area contributed by atoms with Gasteiger partial charge in [-0.3, -0.25) is 0 Å². The summed E-state index contributed by atoms with van der Waals surface area (Å²) in [6.07, 6.45) is -4.61. The molecule has 0 bridgehead atoms. The number of nitrogens with zero attached hydrogens (tertiary/aromatic N) is 3. The summed E-state index contributed by atoms with van der Waals surface area (Å²) in [5.41, 5.74) is 2.02. The molecule has 1 aromatic heterocycles. The van der Waals surface area contributed by atoms with Crippen LogP contribution in [0.2, 0.25) is 0 Å². The van der Waals surface area contributed by atoms with Crippen LogP contribution in [0.1, 0.15) is 11.4 Å². The predicted octanol–water partition coefficient (Wildman–Crippen LogP) is 4.27. The lowest BCUT2D eigenvalue weighted by atomic mass is 10.2. The maximum atomic E-state index is 13.0. The molecule has 0 aliphatic rings. The summed E-state index contributed by atoms with van der Waals surface area (Å²) in [7, 11) is 1.52. The molecule has 24 heavy (non-hydrogen) atoms. The third-order valence-electron chi connectivity index (χ3n) is 3.49. The lowest BCUT2D eigenvalue weighted by Gasteiger charge is -2.07. The average Bonchev–Trinajstić information content (AvgIpc) is 3.01. The van der Waals surface area contributed by atoms with Gasteiger partial charge in [-0.25, -0.2) is 9.67 Å². The SMILES string of the molecule is COc1ccc(-c2nc(C(F)(F)F)nn2-c2ccc(C)cc2)cc1. The number of aromatic nitrogens is 3. The first-order valence-electron chi connectivity index (χ1n) is 7.14. The van der Waals surface area contributed by atoms with Crippen molar-refractivity contribution in [3.8, 4) is 22.8 Å². The Hall–Kier alpha value is -2.83. The summed E-state index contributed by atoms with van der Waals surface area (Å²) >= 11 is 0. The maximum Gasteiger partial charge on any atom is 0.453 e. The number of benzene rings is 2. The number of hydrogen-bond donors (Lipinski definition) is 0. The van der Waals surface area contributed by atoms with Crippen LogP contribution in [0.3, 0.4) is 0 Å². The molecule has 3 aromatic rings. The van der Waals surface area contributed by atoms with Gasteiger partial charge in [0, 0.05) is 5.56 Å². The second kappa shape index (κ2) is 5.99. The minimum atomic E-state index is -4.61. The third-order valence-corrected chi connectivity index (χ3v) is 3.49. The van der Waals surface area contributed by atoms with Crippen LogP contribution in [0, 0.1) is 6.92 Å². The number of methoxy groups -OCH3 is 1. The fraction of sp³-hybridized carbons (Fsp3) is 0.176. The Kier molecular flexibility index (Phi) is 4.01. The molecule has 0 aliphatic heterocycles. The van der Waals surface area contributed by atoms with Gasteiger partial charge in [-0.05, 0) is 43.3 Å². The van der Waals surface area contributed by atoms with Crippen molar-refractivity contribution in [1.29, 1.82) is 0 Å². The Morgan fingerprint density at radius 3 is 2.12 bits per heavy atom. The molecule has 0 fully saturated rings. The number of halogens is 3. The van der Waals surface area contributed by atoms with Gasteiger partial charge in [-0.2, -0.15) is 13.2 Å². The molecule has 0 saturated carbocycles. The molecule has 0 atom stereocenters. The van der Waals surface area contributed by atoms with E-state index in [1.54, 1.807) is 36.4 Å². The summed E-state index contributed by atoms with van der Waals surface area (Å²) in [5.74, 6) is -0.445. The summed E-state index contributed by atoms with van der Waals surface area (Å²) in [4.78, 5) is 3.69. The van der Waals surface area contributed by atoms with E-state index < -0.39 is 12.0 Å². The highest BCUT2D eigenvalue weighted by atomic mass is 19.4. The van der Waals surface area contributed by atoms with Crippen molar-refractivity contribution < 1.29 is 17.9 Å². The van der Waals surface area contributed by atoms with Crippen molar-refractivity contribution in [2.24, 2.45) is 0 Å². The van der Waals surface area contributed by atoms with E-state index in [9.17, 15) is 13.2 Å². The molecule has 2 aromatic carbocycles. The minimum absolute atomic E-state index is 0.119. The fourth-order valence-corrected chi connectivity index (χ4v) is 2.23. The topological polar surface area (TPSA) is 39.9 Å². The van der Waals surface area contributed by atoms with Crippen LogP contribution in [0.25, 0.3) is 17.1 Å². The maximum absolute atomic E-state index is 13.0. The van der Waals surface area contributed by atoms with E-state index in [-0.39, 0.29) is 5.82 Å². The Labute approximate surface area is 136 Å². The zero-order valence-electron chi connectivity index (χ0n) is 13.0. The van der Waals surface area contributed by atoms with Gasteiger partial charge in [-0.15, -0.1) is 5.10 Å². The molecular formula is C17H14F3N3O. The van der Waals surface area contributed by atoms with Crippen molar-refractivity contribution in [3.05, 3.63) is 59.9 Å². The van der Waals surface area contributed by atoms with Crippen molar-refractivity contribution in [2.45, 2.75) is 13.1 Å². The van der Waals surface area contributed by atoms with Crippen LogP contribution in [-0.4, -0.2) is 21.9 Å². The van der Waals surface area contributed by atoms with Gasteiger partial charge in [0.25, 0.3) is 5.82 Å². The smallest absolute Gasteiger partial charge is 0.453 e. The van der Waals surface area contributed by atoms with Crippen molar-refractivity contribution in [2.75, 3.05) is 7.11 Å². The number of rotatable bonds is 3. The van der Waals surface area contributed by atoms with E-state index in [1.165, 1.54) is 11.8 Å². The molecular weight excluding hydrogens is 319 g/mol. The van der Waals surface area contributed by atoms with Gasteiger partial charge >= 0.3 is 6.18 Å². The van der Waals surface area contributed by atoms with Crippen LogP contribution in [0.4, 0.5) is 13.2 Å². The average molecular weight is 333 g/mol. The third kappa shape index (κ3) is 3.10. The van der Waals surface area contributed by atoms with Gasteiger partial charge in [0.05, 0.1) is 12.8 Å². The molecule has 7 heteroatoms. The van der Waals surface area contributed by atoms with Gasteiger partial charge in [0.1, 0.15) is 5.75 Å². The molecule has 4 nitrogen and oxygen atoms in total. The van der Waals surface area contributed by atoms with Gasteiger partial charge in [-0.1, -0.05) is 17.7 Å². The van der Waals surface area contributed by atoms with Crippen LogP contribution >= 0.6 is 0 Å². The molecule has 0 aliphatic carbocycles. The Morgan fingerprint density at radius 2 is 1.58 bits per heavy atom. The summed E-state index contributed by atoms with van der Waals surface area (Å²) in [6.45, 7) is 1.90. The molecule has 1 heterocycles. The lowest BCUT2D eigenvalue weighted by molar-refractivity contribution is -0.144. The first kappa shape index (κ1) is 16.0. The summed E-state index contributed by atoms with van der Waals surface area (Å²) in [5, 5.41) is 3.65. The standard InChI is InChI=1S/C17H14F3N3O/c1-11-3-7-13(8-4-11)23-15(21-16(22-23)17(18,19)20)12-5-9-14(24-2)10-6-12/h3-10H,1-2H3. The normalized spacial score (nSPS) is 11.5. The van der Waals surface area contributed by atoms with Gasteiger partial charge in [0.2, 0.25) is 0 Å². The molecule has 0 radical (unpaired) electrons. The van der Waals surface area contributed by atoms with Crippen molar-refractivity contribution in [3.63, 3.8) is 0 Å². The van der Waals surface area contributed by atoms with Crippen LogP contribution in [0.5, 0.6) is 5.75 Å². The van der Waals surface area contributed by atoms with Crippen molar-refractivity contribution >= 4 is 0 Å². The van der Waals surface area contributed by atoms with Crippen LogP contribution in [-0.2, 0) is 6.18 Å². The van der Waals surface area contributed by atoms with Crippen LogP contribution in [0.15, 0.2) is 48.5 Å². The van der Waals surface area contributed by atoms with Gasteiger partial charge in [0.15, 0.2) is 5.82 Å². The highest BCUT2D eigenvalue weighted by molar-refractivity contribution is 5.59. The zero-order chi connectivity index (χ0) is 17.3. The first-order chi connectivity index (χ1) is 11.4. The van der Waals surface area contributed by atoms with E-state index in [0.717, 1.165) is 5.56 Å².